The van der Waals surface area contributed by atoms with E-state index >= 15 is 0 Å². The van der Waals surface area contributed by atoms with Crippen LogP contribution in [0.25, 0.3) is 5.57 Å². The van der Waals surface area contributed by atoms with Crippen molar-refractivity contribution in [3.8, 4) is 0 Å². The van der Waals surface area contributed by atoms with Gasteiger partial charge in [0.25, 0.3) is 0 Å². The van der Waals surface area contributed by atoms with Crippen molar-refractivity contribution < 1.29 is 17.9 Å². The molecular weight excluding hydrogens is 448 g/mol. The van der Waals surface area contributed by atoms with Crippen molar-refractivity contribution in [3.63, 3.8) is 0 Å². The summed E-state index contributed by atoms with van der Waals surface area (Å²) in [6.45, 7) is 0. The Bertz CT molecular complexity index is 1270. The number of carbonyl (C=O) groups excluding carboxylic acids is 1. The zero-order valence-electron chi connectivity index (χ0n) is 19.1. The molecule has 0 spiro atoms. The first-order chi connectivity index (χ1) is 16.5. The molecule has 1 N–H and O–H groups in total. The fraction of sp³-hybridized carbons (Fsp3) is 0.259. The largest absolute Gasteiger partial charge is 0.469 e. The zero-order chi connectivity index (χ0) is 24.0. The van der Waals surface area contributed by atoms with Gasteiger partial charge in [-0.15, -0.1) is 0 Å². The molecule has 34 heavy (non-hydrogen) atoms. The lowest BCUT2D eigenvalue weighted by Crippen LogP contribution is -2.35. The third-order valence-corrected chi connectivity index (χ3v) is 7.50. The van der Waals surface area contributed by atoms with Gasteiger partial charge in [-0.05, 0) is 66.1 Å². The summed E-state index contributed by atoms with van der Waals surface area (Å²) in [5.41, 5.74) is 5.40. The van der Waals surface area contributed by atoms with Crippen LogP contribution in [0.4, 0.5) is 0 Å². The van der Waals surface area contributed by atoms with Crippen molar-refractivity contribution in [1.29, 1.82) is 0 Å². The average Bonchev–Trinajstić information content (AvgIpc) is 3.25. The summed E-state index contributed by atoms with van der Waals surface area (Å²) in [6, 6.07) is 18.5. The van der Waals surface area contributed by atoms with Crippen LogP contribution in [0.3, 0.4) is 0 Å². The summed E-state index contributed by atoms with van der Waals surface area (Å²) in [5, 5.41) is 0. The number of methoxy groups -OCH3 is 1. The number of pyridine rings is 1. The minimum atomic E-state index is -3.56. The summed E-state index contributed by atoms with van der Waals surface area (Å²) >= 11 is 0. The number of allylic oxidation sites excluding steroid dienone is 1. The number of ether oxygens (including phenoxy) is 1. The quantitative estimate of drug-likeness (QED) is 0.368. The van der Waals surface area contributed by atoms with E-state index in [0.29, 0.717) is 25.7 Å². The van der Waals surface area contributed by atoms with Crippen LogP contribution in [0.2, 0.25) is 0 Å². The number of carbonyl (C=O) groups is 1. The van der Waals surface area contributed by atoms with Crippen LogP contribution < -0.4 is 4.72 Å². The van der Waals surface area contributed by atoms with Crippen LogP contribution in [0, 0.1) is 0 Å². The van der Waals surface area contributed by atoms with Crippen molar-refractivity contribution in [2.75, 3.05) is 7.11 Å². The summed E-state index contributed by atoms with van der Waals surface area (Å²) < 4.78 is 33.1. The first kappa shape index (κ1) is 23.9. The van der Waals surface area contributed by atoms with E-state index < -0.39 is 10.0 Å². The van der Waals surface area contributed by atoms with Gasteiger partial charge in [0.1, 0.15) is 0 Å². The van der Waals surface area contributed by atoms with E-state index in [1.165, 1.54) is 7.11 Å². The molecule has 7 heteroatoms. The zero-order valence-corrected chi connectivity index (χ0v) is 19.9. The lowest BCUT2D eigenvalue weighted by Gasteiger charge is -2.12. The summed E-state index contributed by atoms with van der Waals surface area (Å²) in [7, 11) is -2.16. The minimum Gasteiger partial charge on any atom is -0.469 e. The van der Waals surface area contributed by atoms with E-state index in [-0.39, 0.29) is 16.9 Å². The predicted molar refractivity (Wildman–Crippen MR) is 132 cm³/mol. The van der Waals surface area contributed by atoms with Gasteiger partial charge in [0, 0.05) is 30.4 Å². The lowest BCUT2D eigenvalue weighted by molar-refractivity contribution is -0.140. The van der Waals surface area contributed by atoms with E-state index in [0.717, 1.165) is 34.2 Å². The van der Waals surface area contributed by atoms with Gasteiger partial charge in [0.2, 0.25) is 10.0 Å². The molecule has 176 valence electrons. The highest BCUT2D eigenvalue weighted by molar-refractivity contribution is 7.89. The van der Waals surface area contributed by atoms with Crippen molar-refractivity contribution in [1.82, 2.24) is 9.71 Å². The Morgan fingerprint density at radius 1 is 1.06 bits per heavy atom. The first-order valence-electron chi connectivity index (χ1n) is 11.3. The molecular formula is C27H28N2O4S. The smallest absolute Gasteiger partial charge is 0.305 e. The second-order valence-electron chi connectivity index (χ2n) is 8.35. The second kappa shape index (κ2) is 10.8. The molecule has 0 saturated heterocycles. The van der Waals surface area contributed by atoms with Gasteiger partial charge in [-0.1, -0.05) is 48.5 Å². The monoisotopic (exact) mass is 476 g/mol. The maximum atomic E-state index is 12.8. The molecule has 1 heterocycles. The maximum absolute atomic E-state index is 12.8. The number of nitrogens with zero attached hydrogens (tertiary/aromatic N) is 1. The molecule has 6 nitrogen and oxygen atoms in total. The van der Waals surface area contributed by atoms with E-state index in [1.54, 1.807) is 36.5 Å². The third-order valence-electron chi connectivity index (χ3n) is 5.96. The van der Waals surface area contributed by atoms with Gasteiger partial charge < -0.3 is 4.74 Å². The maximum Gasteiger partial charge on any atom is 0.305 e. The number of hydrogen-bond acceptors (Lipinski definition) is 5. The van der Waals surface area contributed by atoms with Crippen LogP contribution in [-0.4, -0.2) is 32.5 Å². The van der Waals surface area contributed by atoms with Crippen molar-refractivity contribution in [3.05, 3.63) is 101 Å². The molecule has 1 atom stereocenters. The predicted octanol–water partition coefficient (Wildman–Crippen LogP) is 4.30. The molecule has 0 amide bonds. The summed E-state index contributed by atoms with van der Waals surface area (Å²) in [6.07, 6.45) is 8.80. The molecule has 3 aromatic rings. The molecule has 4 rings (SSSR count). The number of nitrogens with one attached hydrogen (secondary N) is 1. The standard InChI is InChI=1S/C27H28N2O4S/c1-33-27(30)12-6-5-11-26(22-8-7-15-28-19-22)21-14-13-20-17-24(18-23(20)16-21)29-34(31,32)25-9-3-2-4-10-25/h2-4,7-11,13-16,19,24,29H,5-6,12,17-18H2,1H3. The number of fused-ring (bicyclic) bond motifs is 1. The van der Waals surface area contributed by atoms with E-state index in [1.807, 2.05) is 18.3 Å². The molecule has 1 aromatic heterocycles. The Hall–Kier alpha value is -3.29. The van der Waals surface area contributed by atoms with Crippen LogP contribution >= 0.6 is 0 Å². The highest BCUT2D eigenvalue weighted by Gasteiger charge is 2.27. The Morgan fingerprint density at radius 3 is 2.59 bits per heavy atom. The average molecular weight is 477 g/mol. The SMILES string of the molecule is COC(=O)CCCC=C(c1cccnc1)c1ccc2c(c1)CC(NS(=O)(=O)c1ccccc1)C2. The Balaban J connectivity index is 1.52. The van der Waals surface area contributed by atoms with Gasteiger partial charge in [-0.25, -0.2) is 13.1 Å². The molecule has 0 fully saturated rings. The summed E-state index contributed by atoms with van der Waals surface area (Å²) in [4.78, 5) is 16.0. The topological polar surface area (TPSA) is 85.4 Å². The molecule has 1 aliphatic carbocycles. The van der Waals surface area contributed by atoms with Gasteiger partial charge in [0.05, 0.1) is 12.0 Å². The van der Waals surface area contributed by atoms with E-state index in [4.69, 9.17) is 4.74 Å². The molecule has 0 bridgehead atoms. The van der Waals surface area contributed by atoms with Gasteiger partial charge in [0.15, 0.2) is 0 Å². The van der Waals surface area contributed by atoms with Crippen molar-refractivity contribution >= 4 is 21.6 Å². The number of rotatable bonds is 9. The molecule has 0 radical (unpaired) electrons. The number of benzene rings is 2. The van der Waals surface area contributed by atoms with Crippen LogP contribution in [0.15, 0.2) is 84.0 Å². The first-order valence-corrected chi connectivity index (χ1v) is 12.8. The van der Waals surface area contributed by atoms with E-state index in [9.17, 15) is 13.2 Å². The number of sulfonamides is 1. The van der Waals surface area contributed by atoms with Crippen LogP contribution in [0.5, 0.6) is 0 Å². The van der Waals surface area contributed by atoms with E-state index in [2.05, 4.69) is 34.0 Å². The normalized spacial score (nSPS) is 15.7. The van der Waals surface area contributed by atoms with Gasteiger partial charge in [-0.2, -0.15) is 0 Å². The van der Waals surface area contributed by atoms with Gasteiger partial charge in [-0.3, -0.25) is 9.78 Å². The third kappa shape index (κ3) is 5.79. The Labute approximate surface area is 200 Å². The van der Waals surface area contributed by atoms with Crippen LogP contribution in [0.1, 0.15) is 41.5 Å². The van der Waals surface area contributed by atoms with Gasteiger partial charge >= 0.3 is 5.97 Å². The number of hydrogen-bond donors (Lipinski definition) is 1. The number of unbranched alkanes of at least 4 members (excludes halogenated alkanes) is 1. The fourth-order valence-electron chi connectivity index (χ4n) is 4.28. The highest BCUT2D eigenvalue weighted by Crippen LogP contribution is 2.30. The molecule has 0 aliphatic heterocycles. The van der Waals surface area contributed by atoms with Crippen molar-refractivity contribution in [2.45, 2.75) is 43.0 Å². The highest BCUT2D eigenvalue weighted by atomic mass is 32.2. The van der Waals surface area contributed by atoms with Crippen molar-refractivity contribution in [2.24, 2.45) is 0 Å². The Kier molecular flexibility index (Phi) is 7.55. The number of esters is 1. The van der Waals surface area contributed by atoms with Crippen LogP contribution in [-0.2, 0) is 32.4 Å². The number of aromatic nitrogens is 1. The molecule has 1 aliphatic rings. The minimum absolute atomic E-state index is 0.179. The lowest BCUT2D eigenvalue weighted by atomic mass is 9.95. The molecule has 1 unspecified atom stereocenters. The Morgan fingerprint density at radius 2 is 1.85 bits per heavy atom. The summed E-state index contributed by atoms with van der Waals surface area (Å²) in [5.74, 6) is -0.210. The molecule has 0 saturated carbocycles. The molecule has 2 aromatic carbocycles. The second-order valence-corrected chi connectivity index (χ2v) is 10.1. The fourth-order valence-corrected chi connectivity index (χ4v) is 5.53.